The van der Waals surface area contributed by atoms with Crippen molar-refractivity contribution in [3.63, 3.8) is 0 Å². The summed E-state index contributed by atoms with van der Waals surface area (Å²) in [4.78, 5) is 35.2. The molecule has 45 heavy (non-hydrogen) atoms. The SMILES string of the molecule is CC(=O)/C=C/c1ccc2c(c1)nc(C1(NC(=O)c3ccc4c(c3)c(C)c(-c3ccc(Cl)cn3)n4C3CCCCC3)CCC1)n2C. The first-order valence-corrected chi connectivity index (χ1v) is 16.4. The third kappa shape index (κ3) is 5.27. The molecule has 8 heteroatoms. The van der Waals surface area contributed by atoms with Gasteiger partial charge in [-0.3, -0.25) is 14.6 Å². The lowest BCUT2D eigenvalue weighted by atomic mass is 9.75. The molecule has 2 aromatic carbocycles. The van der Waals surface area contributed by atoms with E-state index >= 15 is 0 Å². The number of benzene rings is 2. The first kappa shape index (κ1) is 29.5. The Balaban J connectivity index is 1.24. The number of hydrogen-bond donors (Lipinski definition) is 1. The van der Waals surface area contributed by atoms with Gasteiger partial charge in [0, 0.05) is 35.8 Å². The molecule has 2 saturated carbocycles. The monoisotopic (exact) mass is 619 g/mol. The molecule has 0 unspecified atom stereocenters. The van der Waals surface area contributed by atoms with Gasteiger partial charge in [0.15, 0.2) is 5.78 Å². The maximum absolute atomic E-state index is 14.0. The van der Waals surface area contributed by atoms with E-state index in [2.05, 4.69) is 27.4 Å². The highest BCUT2D eigenvalue weighted by Crippen LogP contribution is 2.43. The fraction of sp³-hybridized carbons (Fsp3) is 0.351. The number of aryl methyl sites for hydroxylation is 2. The van der Waals surface area contributed by atoms with Crippen LogP contribution in [0, 0.1) is 6.92 Å². The quantitative estimate of drug-likeness (QED) is 0.185. The number of carbonyl (C=O) groups is 2. The molecule has 7 nitrogen and oxygen atoms in total. The van der Waals surface area contributed by atoms with Crippen LogP contribution in [-0.4, -0.2) is 30.8 Å². The number of halogens is 1. The molecule has 0 aliphatic heterocycles. The predicted octanol–water partition coefficient (Wildman–Crippen LogP) is 8.47. The number of pyridine rings is 1. The van der Waals surface area contributed by atoms with Gasteiger partial charge in [0.1, 0.15) is 5.82 Å². The lowest BCUT2D eigenvalue weighted by Gasteiger charge is -2.41. The maximum Gasteiger partial charge on any atom is 0.252 e. The highest BCUT2D eigenvalue weighted by Gasteiger charge is 2.44. The second-order valence-electron chi connectivity index (χ2n) is 12.8. The van der Waals surface area contributed by atoms with E-state index in [0.29, 0.717) is 16.6 Å². The van der Waals surface area contributed by atoms with Crippen molar-refractivity contribution in [2.24, 2.45) is 7.05 Å². The predicted molar refractivity (Wildman–Crippen MR) is 180 cm³/mol. The van der Waals surface area contributed by atoms with Crippen molar-refractivity contribution in [3.05, 3.63) is 88.3 Å². The molecular weight excluding hydrogens is 582 g/mol. The van der Waals surface area contributed by atoms with Crippen molar-refractivity contribution in [1.29, 1.82) is 0 Å². The Bertz CT molecular complexity index is 1970. The summed E-state index contributed by atoms with van der Waals surface area (Å²) >= 11 is 6.20. The summed E-state index contributed by atoms with van der Waals surface area (Å²) in [5.74, 6) is 0.774. The average molecular weight is 620 g/mol. The normalized spacial score (nSPS) is 16.8. The Morgan fingerprint density at radius 3 is 2.47 bits per heavy atom. The van der Waals surface area contributed by atoms with Crippen LogP contribution in [0.5, 0.6) is 0 Å². The Morgan fingerprint density at radius 1 is 1.00 bits per heavy atom. The molecule has 5 aromatic rings. The largest absolute Gasteiger partial charge is 0.339 e. The molecule has 3 aromatic heterocycles. The number of hydrogen-bond acceptors (Lipinski definition) is 4. The topological polar surface area (TPSA) is 81.8 Å². The van der Waals surface area contributed by atoms with Gasteiger partial charge < -0.3 is 14.5 Å². The molecule has 0 spiro atoms. The third-order valence-electron chi connectivity index (χ3n) is 9.83. The van der Waals surface area contributed by atoms with Gasteiger partial charge in [-0.05, 0) is 106 Å². The Morgan fingerprint density at radius 2 is 1.78 bits per heavy atom. The van der Waals surface area contributed by atoms with Crippen LogP contribution in [0.25, 0.3) is 39.4 Å². The summed E-state index contributed by atoms with van der Waals surface area (Å²) in [6, 6.07) is 16.4. The summed E-state index contributed by atoms with van der Waals surface area (Å²) in [5, 5.41) is 5.11. The summed E-state index contributed by atoms with van der Waals surface area (Å²) < 4.78 is 4.56. The first-order valence-electron chi connectivity index (χ1n) is 16.0. The van der Waals surface area contributed by atoms with Crippen molar-refractivity contribution in [1.82, 2.24) is 24.4 Å². The molecule has 230 valence electrons. The van der Waals surface area contributed by atoms with Crippen LogP contribution >= 0.6 is 11.6 Å². The lowest BCUT2D eigenvalue weighted by molar-refractivity contribution is -0.112. The molecule has 0 bridgehead atoms. The van der Waals surface area contributed by atoms with Gasteiger partial charge in [0.25, 0.3) is 5.91 Å². The Kier molecular flexibility index (Phi) is 7.60. The second-order valence-corrected chi connectivity index (χ2v) is 13.2. The summed E-state index contributed by atoms with van der Waals surface area (Å²) in [6.45, 7) is 3.68. The van der Waals surface area contributed by atoms with Crippen molar-refractivity contribution >= 4 is 51.3 Å². The molecule has 2 aliphatic carbocycles. The number of nitrogens with zero attached hydrogens (tertiary/aromatic N) is 4. The van der Waals surface area contributed by atoms with Gasteiger partial charge >= 0.3 is 0 Å². The number of fused-ring (bicyclic) bond motifs is 2. The van der Waals surface area contributed by atoms with Gasteiger partial charge in [-0.1, -0.05) is 43.0 Å². The van der Waals surface area contributed by atoms with E-state index < -0.39 is 5.54 Å². The van der Waals surface area contributed by atoms with E-state index in [1.54, 1.807) is 12.3 Å². The molecule has 2 aliphatic rings. The average Bonchev–Trinajstić information content (AvgIpc) is 3.51. The number of nitrogens with one attached hydrogen (secondary N) is 1. The van der Waals surface area contributed by atoms with E-state index in [4.69, 9.17) is 21.6 Å². The minimum atomic E-state index is -0.531. The van der Waals surface area contributed by atoms with Crippen LogP contribution in [0.15, 0.2) is 60.8 Å². The van der Waals surface area contributed by atoms with Crippen molar-refractivity contribution in [2.75, 3.05) is 0 Å². The van der Waals surface area contributed by atoms with E-state index in [1.807, 2.05) is 55.6 Å². The molecule has 0 radical (unpaired) electrons. The molecule has 3 heterocycles. The number of carbonyl (C=O) groups excluding carboxylic acids is 2. The summed E-state index contributed by atoms with van der Waals surface area (Å²) in [6.07, 6.45) is 13.8. The van der Waals surface area contributed by atoms with Crippen molar-refractivity contribution in [3.8, 4) is 11.4 Å². The van der Waals surface area contributed by atoms with Gasteiger partial charge in [0.2, 0.25) is 0 Å². The zero-order valence-corrected chi connectivity index (χ0v) is 26.8. The summed E-state index contributed by atoms with van der Waals surface area (Å²) in [5.41, 5.74) is 7.16. The zero-order chi connectivity index (χ0) is 31.3. The van der Waals surface area contributed by atoms with Crippen molar-refractivity contribution < 1.29 is 9.59 Å². The van der Waals surface area contributed by atoms with Crippen LogP contribution in [-0.2, 0) is 17.4 Å². The van der Waals surface area contributed by atoms with E-state index in [0.717, 1.165) is 82.4 Å². The summed E-state index contributed by atoms with van der Waals surface area (Å²) in [7, 11) is 2.01. The number of aromatic nitrogens is 4. The van der Waals surface area contributed by atoms with E-state index in [-0.39, 0.29) is 11.7 Å². The maximum atomic E-state index is 14.0. The highest BCUT2D eigenvalue weighted by molar-refractivity contribution is 6.30. The smallest absolute Gasteiger partial charge is 0.252 e. The number of allylic oxidation sites excluding steroid dienone is 1. The van der Waals surface area contributed by atoms with Crippen LogP contribution in [0.2, 0.25) is 5.02 Å². The molecule has 1 N–H and O–H groups in total. The molecule has 0 atom stereocenters. The fourth-order valence-electron chi connectivity index (χ4n) is 7.35. The second kappa shape index (κ2) is 11.6. The molecule has 0 saturated heterocycles. The Labute approximate surface area is 268 Å². The molecule has 7 rings (SSSR count). The number of rotatable bonds is 7. The third-order valence-corrected chi connectivity index (χ3v) is 10.1. The number of ketones is 1. The van der Waals surface area contributed by atoms with Gasteiger partial charge in [-0.15, -0.1) is 0 Å². The Hall–Kier alpha value is -4.23. The molecule has 1 amide bonds. The van der Waals surface area contributed by atoms with Gasteiger partial charge in [0.05, 0.1) is 33.0 Å². The van der Waals surface area contributed by atoms with Gasteiger partial charge in [-0.2, -0.15) is 0 Å². The number of imidazole rings is 1. The fourth-order valence-corrected chi connectivity index (χ4v) is 7.46. The van der Waals surface area contributed by atoms with Crippen LogP contribution in [0.3, 0.4) is 0 Å². The number of amides is 1. The highest BCUT2D eigenvalue weighted by atomic mass is 35.5. The zero-order valence-electron chi connectivity index (χ0n) is 26.1. The minimum absolute atomic E-state index is 0.00439. The van der Waals surface area contributed by atoms with E-state index in [9.17, 15) is 9.59 Å². The lowest BCUT2D eigenvalue weighted by Crippen LogP contribution is -2.52. The van der Waals surface area contributed by atoms with Crippen LogP contribution in [0.4, 0.5) is 0 Å². The minimum Gasteiger partial charge on any atom is -0.339 e. The van der Waals surface area contributed by atoms with Crippen LogP contribution < -0.4 is 5.32 Å². The molecular formula is C37H38ClN5O2. The van der Waals surface area contributed by atoms with E-state index in [1.165, 1.54) is 26.2 Å². The first-order chi connectivity index (χ1) is 21.7. The van der Waals surface area contributed by atoms with Crippen molar-refractivity contribution in [2.45, 2.75) is 76.8 Å². The molecule has 2 fully saturated rings. The van der Waals surface area contributed by atoms with Gasteiger partial charge in [-0.25, -0.2) is 4.98 Å². The standard InChI is InChI=1S/C37H38ClN5O2/c1-23(44)10-11-25-12-16-33-31(20-25)40-36(42(33)3)37(18-7-19-37)41-35(45)26-13-17-32-29(21-26)24(2)34(30-15-14-27(38)22-39-30)43(32)28-8-5-4-6-9-28/h10-17,20-22,28H,4-9,18-19H2,1-3H3,(H,41,45)/b11-10+. The van der Waals surface area contributed by atoms with Crippen LogP contribution in [0.1, 0.15) is 91.6 Å².